The van der Waals surface area contributed by atoms with Crippen molar-refractivity contribution in [2.75, 3.05) is 0 Å². The molecule has 1 amide bonds. The van der Waals surface area contributed by atoms with Crippen molar-refractivity contribution in [3.05, 3.63) is 57.3 Å². The first-order chi connectivity index (χ1) is 11.0. The molecule has 0 aliphatic heterocycles. The summed E-state index contributed by atoms with van der Waals surface area (Å²) in [5.74, 6) is -0.260. The molecular formula is C15H14BrN5O2. The van der Waals surface area contributed by atoms with E-state index in [4.69, 9.17) is 0 Å². The average molecular weight is 376 g/mol. The summed E-state index contributed by atoms with van der Waals surface area (Å²) >= 11 is 3.33. The number of benzene rings is 1. The first kappa shape index (κ1) is 15.4. The van der Waals surface area contributed by atoms with Crippen molar-refractivity contribution in [2.24, 2.45) is 7.05 Å². The lowest BCUT2D eigenvalue weighted by Gasteiger charge is -2.08. The van der Waals surface area contributed by atoms with Crippen LogP contribution in [0.5, 0.6) is 0 Å². The van der Waals surface area contributed by atoms with Crippen LogP contribution in [0, 0.1) is 0 Å². The first-order valence-corrected chi connectivity index (χ1v) is 7.72. The van der Waals surface area contributed by atoms with Crippen molar-refractivity contribution in [3.63, 3.8) is 0 Å². The van der Waals surface area contributed by atoms with Crippen molar-refractivity contribution in [1.29, 1.82) is 0 Å². The van der Waals surface area contributed by atoms with Gasteiger partial charge in [-0.05, 0) is 24.3 Å². The summed E-state index contributed by atoms with van der Waals surface area (Å²) in [6.45, 7) is 0.281. The second-order valence-corrected chi connectivity index (χ2v) is 5.98. The molecule has 0 unspecified atom stereocenters. The molecule has 0 spiro atoms. The number of aryl methyl sites for hydroxylation is 1. The fourth-order valence-electron chi connectivity index (χ4n) is 2.22. The molecule has 0 fully saturated rings. The largest absolute Gasteiger partial charge is 0.349 e. The predicted octanol–water partition coefficient (Wildman–Crippen LogP) is 1.21. The monoisotopic (exact) mass is 375 g/mol. The van der Waals surface area contributed by atoms with Crippen LogP contribution in [-0.2, 0) is 24.9 Å². The van der Waals surface area contributed by atoms with Gasteiger partial charge in [-0.3, -0.25) is 18.8 Å². The Morgan fingerprint density at radius 1 is 1.35 bits per heavy atom. The lowest BCUT2D eigenvalue weighted by atomic mass is 10.2. The van der Waals surface area contributed by atoms with Crippen molar-refractivity contribution in [3.8, 4) is 0 Å². The van der Waals surface area contributed by atoms with Crippen LogP contribution in [-0.4, -0.2) is 25.2 Å². The van der Waals surface area contributed by atoms with Crippen LogP contribution in [0.2, 0.25) is 0 Å². The van der Waals surface area contributed by atoms with Gasteiger partial charge >= 0.3 is 0 Å². The van der Waals surface area contributed by atoms with E-state index in [0.29, 0.717) is 17.4 Å². The summed E-state index contributed by atoms with van der Waals surface area (Å²) in [5, 5.41) is 7.27. The molecule has 0 saturated heterocycles. The first-order valence-electron chi connectivity index (χ1n) is 6.93. The zero-order chi connectivity index (χ0) is 16.4. The molecule has 0 radical (unpaired) electrons. The van der Waals surface area contributed by atoms with Gasteiger partial charge < -0.3 is 5.32 Å². The molecule has 0 saturated carbocycles. The standard InChI is InChI=1S/C15H14BrN5O2/c1-20-11(4-5-19-20)7-17-14(22)8-21-9-18-13-3-2-10(16)6-12(13)15(21)23/h2-6,9H,7-8H2,1H3,(H,17,22). The van der Waals surface area contributed by atoms with E-state index in [0.717, 1.165) is 10.2 Å². The van der Waals surface area contributed by atoms with Crippen LogP contribution >= 0.6 is 15.9 Å². The van der Waals surface area contributed by atoms with Crippen LogP contribution in [0.25, 0.3) is 10.9 Å². The highest BCUT2D eigenvalue weighted by Crippen LogP contribution is 2.14. The Kier molecular flexibility index (Phi) is 4.24. The summed E-state index contributed by atoms with van der Waals surface area (Å²) in [5.41, 5.74) is 1.24. The van der Waals surface area contributed by atoms with Gasteiger partial charge in [0.1, 0.15) is 6.54 Å². The maximum Gasteiger partial charge on any atom is 0.261 e. The number of hydrogen-bond donors (Lipinski definition) is 1. The third kappa shape index (κ3) is 3.31. The van der Waals surface area contributed by atoms with Gasteiger partial charge in [0.15, 0.2) is 0 Å². The number of halogens is 1. The molecule has 1 N–H and O–H groups in total. The summed E-state index contributed by atoms with van der Waals surface area (Å²) < 4.78 is 3.77. The highest BCUT2D eigenvalue weighted by molar-refractivity contribution is 9.10. The van der Waals surface area contributed by atoms with E-state index < -0.39 is 0 Å². The Morgan fingerprint density at radius 3 is 2.91 bits per heavy atom. The molecule has 0 aliphatic carbocycles. The Morgan fingerprint density at radius 2 is 2.17 bits per heavy atom. The van der Waals surface area contributed by atoms with Gasteiger partial charge in [0.25, 0.3) is 5.56 Å². The average Bonchev–Trinajstić information content (AvgIpc) is 2.94. The van der Waals surface area contributed by atoms with Gasteiger partial charge in [-0.15, -0.1) is 0 Å². The minimum Gasteiger partial charge on any atom is -0.349 e. The third-order valence-electron chi connectivity index (χ3n) is 3.49. The Hall–Kier alpha value is -2.48. The molecule has 3 aromatic rings. The van der Waals surface area contributed by atoms with Gasteiger partial charge in [0.2, 0.25) is 5.91 Å². The SMILES string of the molecule is Cn1nccc1CNC(=O)Cn1cnc2ccc(Br)cc2c1=O. The zero-order valence-corrected chi connectivity index (χ0v) is 13.9. The van der Waals surface area contributed by atoms with Crippen LogP contribution in [0.4, 0.5) is 0 Å². The van der Waals surface area contributed by atoms with Crippen LogP contribution in [0.15, 0.2) is 46.1 Å². The number of hydrogen-bond acceptors (Lipinski definition) is 4. The molecule has 2 aromatic heterocycles. The number of aromatic nitrogens is 4. The fraction of sp³-hybridized carbons (Fsp3) is 0.200. The quantitative estimate of drug-likeness (QED) is 0.742. The van der Waals surface area contributed by atoms with E-state index >= 15 is 0 Å². The number of amides is 1. The van der Waals surface area contributed by atoms with Crippen molar-refractivity contribution in [1.82, 2.24) is 24.6 Å². The van der Waals surface area contributed by atoms with Crippen LogP contribution < -0.4 is 10.9 Å². The molecule has 1 aromatic carbocycles. The van der Waals surface area contributed by atoms with Crippen molar-refractivity contribution >= 4 is 32.7 Å². The van der Waals surface area contributed by atoms with E-state index in [1.165, 1.54) is 10.9 Å². The summed E-state index contributed by atoms with van der Waals surface area (Å²) in [7, 11) is 1.80. The molecule has 0 aliphatic rings. The molecule has 3 rings (SSSR count). The minimum absolute atomic E-state index is 0.0772. The van der Waals surface area contributed by atoms with E-state index in [1.807, 2.05) is 12.1 Å². The smallest absolute Gasteiger partial charge is 0.261 e. The Balaban J connectivity index is 1.76. The zero-order valence-electron chi connectivity index (χ0n) is 12.4. The second kappa shape index (κ2) is 6.33. The van der Waals surface area contributed by atoms with E-state index in [-0.39, 0.29) is 18.0 Å². The molecule has 2 heterocycles. The molecule has 8 heteroatoms. The van der Waals surface area contributed by atoms with Crippen molar-refractivity contribution in [2.45, 2.75) is 13.1 Å². The third-order valence-corrected chi connectivity index (χ3v) is 3.98. The Labute approximate surface area is 140 Å². The molecule has 0 atom stereocenters. The van der Waals surface area contributed by atoms with E-state index in [9.17, 15) is 9.59 Å². The normalized spacial score (nSPS) is 10.9. The highest BCUT2D eigenvalue weighted by atomic mass is 79.9. The molecule has 0 bridgehead atoms. The lowest BCUT2D eigenvalue weighted by molar-refractivity contribution is -0.121. The van der Waals surface area contributed by atoms with Gasteiger partial charge in [-0.25, -0.2) is 4.98 Å². The second-order valence-electron chi connectivity index (χ2n) is 5.06. The molecule has 7 nitrogen and oxygen atoms in total. The summed E-state index contributed by atoms with van der Waals surface area (Å²) in [6, 6.07) is 7.10. The molecular weight excluding hydrogens is 362 g/mol. The highest BCUT2D eigenvalue weighted by Gasteiger charge is 2.09. The van der Waals surface area contributed by atoms with Crippen LogP contribution in [0.3, 0.4) is 0 Å². The lowest BCUT2D eigenvalue weighted by Crippen LogP contribution is -2.32. The summed E-state index contributed by atoms with van der Waals surface area (Å²) in [4.78, 5) is 28.7. The number of nitrogens with zero attached hydrogens (tertiary/aromatic N) is 4. The minimum atomic E-state index is -0.260. The van der Waals surface area contributed by atoms with Gasteiger partial charge in [-0.2, -0.15) is 5.10 Å². The summed E-state index contributed by atoms with van der Waals surface area (Å²) in [6.07, 6.45) is 3.05. The number of nitrogens with one attached hydrogen (secondary N) is 1. The topological polar surface area (TPSA) is 81.8 Å². The maximum atomic E-state index is 12.4. The maximum absolute atomic E-state index is 12.4. The number of carbonyl (C=O) groups is 1. The molecule has 23 heavy (non-hydrogen) atoms. The number of carbonyl (C=O) groups excluding carboxylic acids is 1. The Bertz CT molecular complexity index is 931. The predicted molar refractivity (Wildman–Crippen MR) is 88.8 cm³/mol. The fourth-order valence-corrected chi connectivity index (χ4v) is 2.58. The van der Waals surface area contributed by atoms with Gasteiger partial charge in [0.05, 0.1) is 29.5 Å². The van der Waals surface area contributed by atoms with Gasteiger partial charge in [-0.1, -0.05) is 15.9 Å². The van der Waals surface area contributed by atoms with Crippen molar-refractivity contribution < 1.29 is 4.79 Å². The van der Waals surface area contributed by atoms with E-state index in [1.54, 1.807) is 30.1 Å². The van der Waals surface area contributed by atoms with E-state index in [2.05, 4.69) is 31.3 Å². The van der Waals surface area contributed by atoms with Gasteiger partial charge in [0, 0.05) is 17.7 Å². The molecule has 118 valence electrons. The van der Waals surface area contributed by atoms with Crippen LogP contribution in [0.1, 0.15) is 5.69 Å². The number of fused-ring (bicyclic) bond motifs is 1. The number of rotatable bonds is 4.